The van der Waals surface area contributed by atoms with Crippen molar-refractivity contribution in [3.8, 4) is 0 Å². The zero-order valence-electron chi connectivity index (χ0n) is 13.3. The number of rotatable bonds is 7. The quantitative estimate of drug-likeness (QED) is 0.833. The molecule has 0 radical (unpaired) electrons. The molecule has 6 nitrogen and oxygen atoms in total. The Hall–Kier alpha value is -1.34. The molecule has 0 spiro atoms. The molecule has 1 aromatic rings. The SMILES string of the molecule is CCCCN(CC)S(=O)(=O)c1c[nH]c(C(=O)N2CCCC2)c1. The Labute approximate surface area is 132 Å². The highest BCUT2D eigenvalue weighted by Gasteiger charge is 2.26. The van der Waals surface area contributed by atoms with Crippen molar-refractivity contribution < 1.29 is 13.2 Å². The Morgan fingerprint density at radius 1 is 1.32 bits per heavy atom. The van der Waals surface area contributed by atoms with Crippen molar-refractivity contribution in [2.45, 2.75) is 44.4 Å². The molecule has 22 heavy (non-hydrogen) atoms. The maximum Gasteiger partial charge on any atom is 0.270 e. The van der Waals surface area contributed by atoms with E-state index in [0.29, 0.717) is 18.8 Å². The molecule has 1 aliphatic heterocycles. The minimum atomic E-state index is -3.53. The molecule has 0 bridgehead atoms. The van der Waals surface area contributed by atoms with Gasteiger partial charge < -0.3 is 9.88 Å². The highest BCUT2D eigenvalue weighted by Crippen LogP contribution is 2.19. The molecule has 2 rings (SSSR count). The van der Waals surface area contributed by atoms with E-state index in [9.17, 15) is 13.2 Å². The fraction of sp³-hybridized carbons (Fsp3) is 0.667. The standard InChI is InChI=1S/C15H25N3O3S/c1-3-5-10-18(4-2)22(20,21)13-11-14(16-12-13)15(19)17-8-6-7-9-17/h11-12,16H,3-10H2,1-2H3. The minimum Gasteiger partial charge on any atom is -0.356 e. The van der Waals surface area contributed by atoms with Crippen molar-refractivity contribution >= 4 is 15.9 Å². The number of carbonyl (C=O) groups is 1. The van der Waals surface area contributed by atoms with Crippen molar-refractivity contribution in [1.82, 2.24) is 14.2 Å². The van der Waals surface area contributed by atoms with Gasteiger partial charge in [0.1, 0.15) is 10.6 Å². The monoisotopic (exact) mass is 327 g/mol. The summed E-state index contributed by atoms with van der Waals surface area (Å²) in [6.07, 6.45) is 5.22. The molecular formula is C15H25N3O3S. The highest BCUT2D eigenvalue weighted by molar-refractivity contribution is 7.89. The fourth-order valence-electron chi connectivity index (χ4n) is 2.67. The molecule has 0 aromatic carbocycles. The number of carbonyl (C=O) groups excluding carboxylic acids is 1. The van der Waals surface area contributed by atoms with Crippen LogP contribution in [0.4, 0.5) is 0 Å². The highest BCUT2D eigenvalue weighted by atomic mass is 32.2. The number of amides is 1. The summed E-state index contributed by atoms with van der Waals surface area (Å²) >= 11 is 0. The van der Waals surface area contributed by atoms with Gasteiger partial charge >= 0.3 is 0 Å². The summed E-state index contributed by atoms with van der Waals surface area (Å²) in [5, 5.41) is 0. The molecule has 124 valence electrons. The molecule has 1 aromatic heterocycles. The molecule has 1 N–H and O–H groups in total. The third-order valence-corrected chi connectivity index (χ3v) is 5.98. The van der Waals surface area contributed by atoms with E-state index in [1.165, 1.54) is 16.6 Å². The Morgan fingerprint density at radius 3 is 2.59 bits per heavy atom. The van der Waals surface area contributed by atoms with Crippen LogP contribution in [0.2, 0.25) is 0 Å². The number of sulfonamides is 1. The fourth-order valence-corrected chi connectivity index (χ4v) is 4.15. The summed E-state index contributed by atoms with van der Waals surface area (Å²) in [6.45, 7) is 6.30. The molecule has 0 saturated carbocycles. The van der Waals surface area contributed by atoms with Crippen LogP contribution in [0.5, 0.6) is 0 Å². The number of nitrogens with one attached hydrogen (secondary N) is 1. The second-order valence-electron chi connectivity index (χ2n) is 5.60. The van der Waals surface area contributed by atoms with E-state index in [0.717, 1.165) is 38.8 Å². The number of hydrogen-bond donors (Lipinski definition) is 1. The van der Waals surface area contributed by atoms with Crippen LogP contribution < -0.4 is 0 Å². The number of H-pyrrole nitrogens is 1. The van der Waals surface area contributed by atoms with Gasteiger partial charge in [0.25, 0.3) is 5.91 Å². The lowest BCUT2D eigenvalue weighted by Crippen LogP contribution is -2.31. The van der Waals surface area contributed by atoms with Gasteiger partial charge in [-0.15, -0.1) is 0 Å². The molecule has 1 saturated heterocycles. The van der Waals surface area contributed by atoms with Gasteiger partial charge in [0.15, 0.2) is 0 Å². The molecule has 0 atom stereocenters. The van der Waals surface area contributed by atoms with E-state index in [1.807, 2.05) is 13.8 Å². The normalized spacial score (nSPS) is 15.7. The summed E-state index contributed by atoms with van der Waals surface area (Å²) in [5.41, 5.74) is 0.354. The van der Waals surface area contributed by atoms with Gasteiger partial charge in [-0.25, -0.2) is 8.42 Å². The average Bonchev–Trinajstić information content (AvgIpc) is 3.19. The number of aromatic amines is 1. The third kappa shape index (κ3) is 3.52. The Balaban J connectivity index is 2.16. The van der Waals surface area contributed by atoms with Gasteiger partial charge in [0.2, 0.25) is 10.0 Å². The van der Waals surface area contributed by atoms with Crippen LogP contribution in [0.25, 0.3) is 0 Å². The first-order valence-electron chi connectivity index (χ1n) is 7.98. The summed E-state index contributed by atoms with van der Waals surface area (Å²) in [5.74, 6) is -0.115. The Bertz CT molecular complexity index is 603. The maximum atomic E-state index is 12.6. The Morgan fingerprint density at radius 2 is 2.00 bits per heavy atom. The smallest absolute Gasteiger partial charge is 0.270 e. The molecule has 7 heteroatoms. The molecule has 0 unspecified atom stereocenters. The van der Waals surface area contributed by atoms with Crippen LogP contribution in [0, 0.1) is 0 Å². The van der Waals surface area contributed by atoms with E-state index in [4.69, 9.17) is 0 Å². The van der Waals surface area contributed by atoms with Gasteiger partial charge in [0, 0.05) is 32.4 Å². The zero-order chi connectivity index (χ0) is 16.2. The first kappa shape index (κ1) is 17.0. The van der Waals surface area contributed by atoms with Crippen LogP contribution in [-0.4, -0.2) is 54.7 Å². The van der Waals surface area contributed by atoms with E-state index in [2.05, 4.69) is 4.98 Å². The lowest BCUT2D eigenvalue weighted by molar-refractivity contribution is 0.0787. The van der Waals surface area contributed by atoms with E-state index in [1.54, 1.807) is 4.90 Å². The average molecular weight is 327 g/mol. The minimum absolute atomic E-state index is 0.115. The van der Waals surface area contributed by atoms with Crippen LogP contribution in [0.1, 0.15) is 50.0 Å². The molecule has 1 aliphatic rings. The topological polar surface area (TPSA) is 73.5 Å². The van der Waals surface area contributed by atoms with Gasteiger partial charge in [-0.2, -0.15) is 4.31 Å². The molecule has 2 heterocycles. The molecule has 0 aliphatic carbocycles. The molecular weight excluding hydrogens is 302 g/mol. The summed E-state index contributed by atoms with van der Waals surface area (Å²) in [7, 11) is -3.53. The van der Waals surface area contributed by atoms with E-state index < -0.39 is 10.0 Å². The summed E-state index contributed by atoms with van der Waals surface area (Å²) in [4.78, 5) is 17.0. The largest absolute Gasteiger partial charge is 0.356 e. The number of unbranched alkanes of at least 4 members (excludes halogenated alkanes) is 1. The van der Waals surface area contributed by atoms with Crippen molar-refractivity contribution in [3.05, 3.63) is 18.0 Å². The number of hydrogen-bond acceptors (Lipinski definition) is 3. The number of aromatic nitrogens is 1. The molecule has 1 amide bonds. The first-order valence-corrected chi connectivity index (χ1v) is 9.42. The lowest BCUT2D eigenvalue weighted by atomic mass is 10.3. The maximum absolute atomic E-state index is 12.6. The van der Waals surface area contributed by atoms with Gasteiger partial charge in [-0.3, -0.25) is 4.79 Å². The van der Waals surface area contributed by atoms with Crippen molar-refractivity contribution in [1.29, 1.82) is 0 Å². The Kier molecular flexibility index (Phi) is 5.63. The number of likely N-dealkylation sites (tertiary alicyclic amines) is 1. The van der Waals surface area contributed by atoms with Crippen molar-refractivity contribution in [3.63, 3.8) is 0 Å². The zero-order valence-corrected chi connectivity index (χ0v) is 14.2. The van der Waals surface area contributed by atoms with Crippen molar-refractivity contribution in [2.24, 2.45) is 0 Å². The van der Waals surface area contributed by atoms with E-state index >= 15 is 0 Å². The van der Waals surface area contributed by atoms with Gasteiger partial charge in [-0.1, -0.05) is 20.3 Å². The van der Waals surface area contributed by atoms with Crippen LogP contribution in [0.3, 0.4) is 0 Å². The lowest BCUT2D eigenvalue weighted by Gasteiger charge is -2.19. The summed E-state index contributed by atoms with van der Waals surface area (Å²) in [6, 6.07) is 1.46. The first-order chi connectivity index (χ1) is 10.5. The second kappa shape index (κ2) is 7.28. The summed E-state index contributed by atoms with van der Waals surface area (Å²) < 4.78 is 26.7. The number of nitrogens with zero attached hydrogens (tertiary/aromatic N) is 2. The van der Waals surface area contributed by atoms with Gasteiger partial charge in [0.05, 0.1) is 0 Å². The van der Waals surface area contributed by atoms with Crippen LogP contribution in [0.15, 0.2) is 17.2 Å². The predicted octanol–water partition coefficient (Wildman–Crippen LogP) is 2.06. The van der Waals surface area contributed by atoms with Crippen molar-refractivity contribution in [2.75, 3.05) is 26.2 Å². The van der Waals surface area contributed by atoms with Crippen LogP contribution >= 0.6 is 0 Å². The molecule has 1 fully saturated rings. The second-order valence-corrected chi connectivity index (χ2v) is 7.54. The van der Waals surface area contributed by atoms with E-state index in [-0.39, 0.29) is 10.8 Å². The van der Waals surface area contributed by atoms with Gasteiger partial charge in [-0.05, 0) is 25.3 Å². The van der Waals surface area contributed by atoms with Crippen LogP contribution in [-0.2, 0) is 10.0 Å². The predicted molar refractivity (Wildman–Crippen MR) is 85.3 cm³/mol. The third-order valence-electron chi connectivity index (χ3n) is 4.03.